The van der Waals surface area contributed by atoms with Crippen LogP contribution in [0.1, 0.15) is 147 Å². The minimum atomic E-state index is -0.155. The van der Waals surface area contributed by atoms with Gasteiger partial charge in [-0.1, -0.05) is 177 Å². The molecule has 32 nitrogen and oxygen atoms in total. The fourth-order valence-electron chi connectivity index (χ4n) is 19.0. The Balaban J connectivity index is 0.000000106. The molecule has 6 aliphatic carbocycles. The number of benzene rings is 5. The number of aromatic amines is 6. The highest BCUT2D eigenvalue weighted by Crippen LogP contribution is 2.32. The maximum absolute atomic E-state index is 12.4. The molecule has 0 saturated heterocycles. The SMILES string of the molecule is COc1ccccc1-n1ncc2c(=O)[nH]c(CC3C=CCC3)nc21.Cc1ccccc1-n1ncc2c(=O)[nH]c(CC3C=CCC3)nc21.Cc1ccccc1-n1ncc2c(=O)[nH]c(CC3C=CCC3)nc21.Cc1ccccc1-n1ncc2c(=O)[nH]c(CC3C=CCC3)nc21.Cc1ccccc1-n1ncc2c(=O)[nH]c(CC3CCCC3)nc21.O=c1[nH]c(CC2C=CCC2)nc2c1cnn2-c1ccccn1. The van der Waals surface area contributed by atoms with Crippen LogP contribution in [0.4, 0.5) is 0 Å². The summed E-state index contributed by atoms with van der Waals surface area (Å²) in [4.78, 5) is 124. The fourth-order valence-corrected chi connectivity index (χ4v) is 19.0. The second-order valence-corrected chi connectivity index (χ2v) is 36.0. The molecule has 0 radical (unpaired) electrons. The van der Waals surface area contributed by atoms with Gasteiger partial charge in [-0.15, -0.1) is 0 Å². The van der Waals surface area contributed by atoms with Crippen LogP contribution in [-0.2, 0) is 38.5 Å². The van der Waals surface area contributed by atoms with Crippen molar-refractivity contribution in [1.82, 2.24) is 123 Å². The van der Waals surface area contributed by atoms with Crippen LogP contribution < -0.4 is 38.1 Å². The predicted molar refractivity (Wildman–Crippen MR) is 534 cm³/mol. The number of allylic oxidation sites excluding steroid dienone is 10. The zero-order valence-electron chi connectivity index (χ0n) is 77.6. The number of hydrogen-bond acceptors (Lipinski definition) is 20. The van der Waals surface area contributed by atoms with Gasteiger partial charge >= 0.3 is 0 Å². The first-order valence-corrected chi connectivity index (χ1v) is 47.4. The van der Waals surface area contributed by atoms with Crippen LogP contribution >= 0.6 is 0 Å². The Morgan fingerprint density at radius 2 is 0.536 bits per heavy atom. The van der Waals surface area contributed by atoms with Gasteiger partial charge in [-0.2, -0.15) is 35.3 Å². The molecule has 1 saturated carbocycles. The third-order valence-corrected chi connectivity index (χ3v) is 26.3. The van der Waals surface area contributed by atoms with Crippen molar-refractivity contribution >= 4 is 66.2 Å². The first-order valence-electron chi connectivity index (χ1n) is 47.4. The van der Waals surface area contributed by atoms with Crippen molar-refractivity contribution in [2.75, 3.05) is 7.11 Å². The number of hydrogen-bond donors (Lipinski definition) is 6. The van der Waals surface area contributed by atoms with Gasteiger partial charge in [-0.3, -0.25) is 28.8 Å². The third-order valence-electron chi connectivity index (χ3n) is 26.3. The Morgan fingerprint density at radius 1 is 0.290 bits per heavy atom. The molecule has 138 heavy (non-hydrogen) atoms. The van der Waals surface area contributed by atoms with Gasteiger partial charge in [0.1, 0.15) is 78.7 Å². The average Bonchev–Trinajstić information content (AvgIpc) is 1.65. The number of H-pyrrole nitrogens is 6. The maximum Gasteiger partial charge on any atom is 0.262 e. The molecule has 6 aliphatic rings. The van der Waals surface area contributed by atoms with E-state index < -0.39 is 0 Å². The Bertz CT molecular complexity index is 7660. The van der Waals surface area contributed by atoms with Gasteiger partial charge in [0.25, 0.3) is 33.4 Å². The summed E-state index contributed by atoms with van der Waals surface area (Å²) in [6, 6.07) is 45.0. The topological polar surface area (TPSA) is 404 Å². The summed E-state index contributed by atoms with van der Waals surface area (Å²) in [6.07, 6.45) is 53.9. The molecular weight excluding hydrogens is 1740 g/mol. The van der Waals surface area contributed by atoms with E-state index in [0.29, 0.717) is 125 Å². The number of ether oxygens (including phenoxy) is 1. The van der Waals surface area contributed by atoms with E-state index in [1.807, 2.05) is 167 Å². The van der Waals surface area contributed by atoms with Gasteiger partial charge in [-0.05, 0) is 198 Å². The molecule has 0 bridgehead atoms. The average molecular weight is 1840 g/mol. The number of rotatable bonds is 19. The Kier molecular flexibility index (Phi) is 27.3. The first kappa shape index (κ1) is 91.0. The minimum Gasteiger partial charge on any atom is -0.494 e. The summed E-state index contributed by atoms with van der Waals surface area (Å²) in [5.41, 5.74) is 11.9. The Labute approximate surface area is 791 Å². The summed E-state index contributed by atoms with van der Waals surface area (Å²) in [5, 5.41) is 29.2. The van der Waals surface area contributed by atoms with Gasteiger partial charge < -0.3 is 34.6 Å². The zero-order valence-corrected chi connectivity index (χ0v) is 77.6. The number of para-hydroxylation sites is 6. The number of fused-ring (bicyclic) bond motifs is 6. The van der Waals surface area contributed by atoms with Crippen LogP contribution in [0, 0.1) is 63.2 Å². The summed E-state index contributed by atoms with van der Waals surface area (Å²) >= 11 is 0. The number of methoxy groups -OCH3 is 1. The molecule has 0 amide bonds. The van der Waals surface area contributed by atoms with E-state index in [1.165, 1.54) is 31.9 Å². The molecule has 5 aromatic carbocycles. The minimum absolute atomic E-state index is 0.0946. The smallest absolute Gasteiger partial charge is 0.262 e. The number of aryl methyl sites for hydroxylation is 4. The quantitative estimate of drug-likeness (QED) is 0.0409. The van der Waals surface area contributed by atoms with Crippen LogP contribution in [0.2, 0.25) is 0 Å². The highest BCUT2D eigenvalue weighted by Gasteiger charge is 2.26. The second-order valence-electron chi connectivity index (χ2n) is 36.0. The van der Waals surface area contributed by atoms with Crippen molar-refractivity contribution in [2.24, 2.45) is 35.5 Å². The van der Waals surface area contributed by atoms with Crippen LogP contribution in [0.3, 0.4) is 0 Å². The van der Waals surface area contributed by atoms with E-state index in [4.69, 9.17) is 9.72 Å². The number of aromatic nitrogens is 25. The van der Waals surface area contributed by atoms with Gasteiger partial charge in [0, 0.05) is 44.7 Å². The Hall–Kier alpha value is -16.2. The van der Waals surface area contributed by atoms with E-state index in [9.17, 15) is 28.8 Å². The molecule has 13 aromatic heterocycles. The molecule has 698 valence electrons. The van der Waals surface area contributed by atoms with E-state index >= 15 is 0 Å². The van der Waals surface area contributed by atoms with Gasteiger partial charge in [-0.25, -0.2) is 58.3 Å². The largest absolute Gasteiger partial charge is 0.494 e. The van der Waals surface area contributed by atoms with Crippen molar-refractivity contribution < 1.29 is 4.74 Å². The molecule has 32 heteroatoms. The van der Waals surface area contributed by atoms with Gasteiger partial charge in [0.2, 0.25) is 0 Å². The fraction of sp³-hybridized carbons (Fsp3) is 0.292. The highest BCUT2D eigenvalue weighted by atomic mass is 16.5. The summed E-state index contributed by atoms with van der Waals surface area (Å²) in [7, 11) is 1.61. The molecule has 13 heterocycles. The standard InChI is InChI=1S/C18H18N4O2.C18H20N4O.3C18H18N4O.C16H15N5O/c1-24-15-9-5-4-8-14(15)22-17-13(11-19-22)18(23)21-16(20-17)10-12-6-2-3-7-12;4*1-12-6-2-5-9-15(12)22-17-14(11-19-22)18(23)21-16(20-17)10-13-7-3-4-8-13;22-16-12-10-18-21(14-7-3-4-8-17-14)15(12)19-13(20-16)9-11-5-1-2-6-11/h2,4-6,8-9,11-12H,3,7,10H2,1H3,(H,20,21,23);2,5-6,9,11,13H,3-4,7-8,10H2,1H3,(H,20,21,23);3*2-3,5-7,9,11,13H,4,8,10H2,1H3,(H,20,21,23);1,3-5,7-8,10-11H,2,6,9H2,(H,19,20,22). The van der Waals surface area contributed by atoms with Gasteiger partial charge in [0.05, 0.1) is 67.0 Å². The van der Waals surface area contributed by atoms with Crippen molar-refractivity contribution in [2.45, 2.75) is 156 Å². The number of nitrogens with zero attached hydrogens (tertiary/aromatic N) is 19. The van der Waals surface area contributed by atoms with E-state index in [1.54, 1.807) is 72.4 Å². The third kappa shape index (κ3) is 20.3. The van der Waals surface area contributed by atoms with Crippen LogP contribution in [0.25, 0.3) is 100 Å². The summed E-state index contributed by atoms with van der Waals surface area (Å²) in [6.45, 7) is 8.12. The monoisotopic (exact) mass is 1840 g/mol. The summed E-state index contributed by atoms with van der Waals surface area (Å²) < 4.78 is 15.7. The first-order chi connectivity index (χ1) is 67.4. The molecule has 6 N–H and O–H groups in total. The molecular formula is C106H107N25O7. The lowest BCUT2D eigenvalue weighted by molar-refractivity contribution is 0.412. The van der Waals surface area contributed by atoms with Crippen molar-refractivity contribution in [3.63, 3.8) is 0 Å². The van der Waals surface area contributed by atoms with Gasteiger partial charge in [0.15, 0.2) is 39.7 Å². The molecule has 24 rings (SSSR count). The van der Waals surface area contributed by atoms with E-state index in [0.717, 1.165) is 177 Å². The lowest BCUT2D eigenvalue weighted by Gasteiger charge is -2.10. The van der Waals surface area contributed by atoms with E-state index in [-0.39, 0.29) is 33.4 Å². The van der Waals surface area contributed by atoms with Crippen LogP contribution in [0.5, 0.6) is 5.75 Å². The molecule has 0 aliphatic heterocycles. The van der Waals surface area contributed by atoms with Crippen molar-refractivity contribution in [3.05, 3.63) is 363 Å². The normalized spacial score (nSPS) is 16.9. The maximum atomic E-state index is 12.4. The lowest BCUT2D eigenvalue weighted by Crippen LogP contribution is -2.14. The highest BCUT2D eigenvalue weighted by molar-refractivity contribution is 5.80. The molecule has 0 spiro atoms. The summed E-state index contributed by atoms with van der Waals surface area (Å²) in [5.74, 6) is 8.63. The molecule has 18 aromatic rings. The predicted octanol–water partition coefficient (Wildman–Crippen LogP) is 16.6. The van der Waals surface area contributed by atoms with Crippen molar-refractivity contribution in [1.29, 1.82) is 0 Å². The van der Waals surface area contributed by atoms with Crippen molar-refractivity contribution in [3.8, 4) is 40.0 Å². The molecule has 1 fully saturated rings. The van der Waals surface area contributed by atoms with Crippen LogP contribution in [-0.4, -0.2) is 131 Å². The number of nitrogens with one attached hydrogen (secondary N) is 6. The Morgan fingerprint density at radius 3 is 0.797 bits per heavy atom. The van der Waals surface area contributed by atoms with Crippen LogP contribution in [0.15, 0.2) is 272 Å². The molecule has 5 atom stereocenters. The van der Waals surface area contributed by atoms with E-state index in [2.05, 4.69) is 151 Å². The number of pyridine rings is 1. The zero-order chi connectivity index (χ0) is 94.7. The lowest BCUT2D eigenvalue weighted by atomic mass is 10.0. The molecule has 5 unspecified atom stereocenters. The second kappa shape index (κ2) is 41.4.